The maximum absolute atomic E-state index is 6.46. The third-order valence-electron chi connectivity index (χ3n) is 4.77. The summed E-state index contributed by atoms with van der Waals surface area (Å²) in [7, 11) is 0. The van der Waals surface area contributed by atoms with E-state index in [2.05, 4.69) is 45.2 Å². The minimum Gasteiger partial charge on any atom is -0.313 e. The molecule has 2 nitrogen and oxygen atoms in total. The van der Waals surface area contributed by atoms with Gasteiger partial charge in [0.2, 0.25) is 0 Å². The van der Waals surface area contributed by atoms with Gasteiger partial charge in [-0.25, -0.2) is 0 Å². The predicted octanol–water partition coefficient (Wildman–Crippen LogP) is 4.63. The number of hydrogen-bond acceptors (Lipinski definition) is 2. The van der Waals surface area contributed by atoms with Gasteiger partial charge in [0.05, 0.1) is 0 Å². The van der Waals surface area contributed by atoms with Gasteiger partial charge in [0.15, 0.2) is 0 Å². The molecule has 1 heterocycles. The summed E-state index contributed by atoms with van der Waals surface area (Å²) in [5, 5.41) is 4.50. The van der Waals surface area contributed by atoms with Gasteiger partial charge >= 0.3 is 0 Å². The summed E-state index contributed by atoms with van der Waals surface area (Å²) in [5.74, 6) is 0.906. The van der Waals surface area contributed by atoms with Gasteiger partial charge in [-0.3, -0.25) is 4.90 Å². The number of halogens is 2. The van der Waals surface area contributed by atoms with Crippen molar-refractivity contribution >= 4 is 27.5 Å². The van der Waals surface area contributed by atoms with Gasteiger partial charge in [0, 0.05) is 34.7 Å². The molecule has 2 fully saturated rings. The van der Waals surface area contributed by atoms with Crippen LogP contribution in [0.3, 0.4) is 0 Å². The quantitative estimate of drug-likeness (QED) is 0.784. The topological polar surface area (TPSA) is 15.3 Å². The monoisotopic (exact) mass is 370 g/mol. The lowest BCUT2D eigenvalue weighted by molar-refractivity contribution is 0.184. The number of nitrogens with one attached hydrogen (secondary N) is 1. The molecule has 0 amide bonds. The predicted molar refractivity (Wildman–Crippen MR) is 92.9 cm³/mol. The molecule has 116 valence electrons. The molecular weight excluding hydrogens is 348 g/mol. The number of hydrogen-bond donors (Lipinski definition) is 1. The molecule has 1 N–H and O–H groups in total. The van der Waals surface area contributed by atoms with Crippen LogP contribution in [0.1, 0.15) is 44.2 Å². The lowest BCUT2D eigenvalue weighted by atomic mass is 10.0. The third-order valence-corrected chi connectivity index (χ3v) is 5.59. The Morgan fingerprint density at radius 2 is 2.14 bits per heavy atom. The lowest BCUT2D eigenvalue weighted by Gasteiger charge is -2.32. The number of benzene rings is 1. The standard InChI is InChI=1S/C17H24BrClN2/c1-12(16-7-6-14(18)9-17(16)19)21(10-13-4-5-13)11-15-3-2-8-20-15/h6-7,9,12-13,15,20H,2-5,8,10-11H2,1H3. The Hall–Kier alpha value is -0.0900. The fraction of sp³-hybridized carbons (Fsp3) is 0.647. The van der Waals surface area contributed by atoms with Crippen molar-refractivity contribution in [2.75, 3.05) is 19.6 Å². The Morgan fingerprint density at radius 3 is 2.76 bits per heavy atom. The smallest absolute Gasteiger partial charge is 0.0464 e. The van der Waals surface area contributed by atoms with E-state index in [4.69, 9.17) is 11.6 Å². The highest BCUT2D eigenvalue weighted by molar-refractivity contribution is 9.10. The first-order chi connectivity index (χ1) is 10.1. The van der Waals surface area contributed by atoms with E-state index < -0.39 is 0 Å². The molecule has 1 aromatic carbocycles. The summed E-state index contributed by atoms with van der Waals surface area (Å²) in [5.41, 5.74) is 1.25. The molecule has 1 saturated heterocycles. The van der Waals surface area contributed by atoms with Crippen LogP contribution < -0.4 is 5.32 Å². The molecule has 1 aliphatic heterocycles. The van der Waals surface area contributed by atoms with Gasteiger partial charge in [0.25, 0.3) is 0 Å². The van der Waals surface area contributed by atoms with Gasteiger partial charge in [-0.2, -0.15) is 0 Å². The van der Waals surface area contributed by atoms with E-state index in [1.165, 1.54) is 44.3 Å². The van der Waals surface area contributed by atoms with Gasteiger partial charge < -0.3 is 5.32 Å². The molecule has 2 aliphatic rings. The molecule has 1 saturated carbocycles. The molecule has 4 heteroatoms. The highest BCUT2D eigenvalue weighted by atomic mass is 79.9. The largest absolute Gasteiger partial charge is 0.313 e. The van der Waals surface area contributed by atoms with Crippen molar-refractivity contribution in [1.29, 1.82) is 0 Å². The van der Waals surface area contributed by atoms with Crippen LogP contribution in [0, 0.1) is 5.92 Å². The van der Waals surface area contributed by atoms with E-state index in [0.717, 1.165) is 22.0 Å². The molecule has 3 rings (SSSR count). The fourth-order valence-corrected chi connectivity index (χ4v) is 4.09. The summed E-state index contributed by atoms with van der Waals surface area (Å²) >= 11 is 9.96. The van der Waals surface area contributed by atoms with Crippen LogP contribution in [0.2, 0.25) is 5.02 Å². The van der Waals surface area contributed by atoms with Crippen LogP contribution in [0.4, 0.5) is 0 Å². The summed E-state index contributed by atoms with van der Waals surface area (Å²) in [6.45, 7) is 5.83. The Bertz CT molecular complexity index is 484. The van der Waals surface area contributed by atoms with E-state index >= 15 is 0 Å². The molecule has 0 bridgehead atoms. The number of nitrogens with zero attached hydrogens (tertiary/aromatic N) is 1. The molecule has 0 aromatic heterocycles. The number of rotatable bonds is 6. The average Bonchev–Trinajstić information content (AvgIpc) is 3.11. The van der Waals surface area contributed by atoms with Crippen LogP contribution in [0.15, 0.2) is 22.7 Å². The molecular formula is C17H24BrClN2. The van der Waals surface area contributed by atoms with Crippen LogP contribution >= 0.6 is 27.5 Å². The molecule has 1 aromatic rings. The first-order valence-corrected chi connectivity index (χ1v) is 9.23. The fourth-order valence-electron chi connectivity index (χ4n) is 3.26. The minimum absolute atomic E-state index is 0.383. The van der Waals surface area contributed by atoms with E-state index in [-0.39, 0.29) is 0 Å². The van der Waals surface area contributed by atoms with Crippen molar-refractivity contribution in [1.82, 2.24) is 10.2 Å². The summed E-state index contributed by atoms with van der Waals surface area (Å²) in [6, 6.07) is 7.31. The maximum atomic E-state index is 6.46. The maximum Gasteiger partial charge on any atom is 0.0464 e. The second-order valence-corrected chi connectivity index (χ2v) is 7.86. The van der Waals surface area contributed by atoms with Gasteiger partial charge in [-0.05, 0) is 62.8 Å². The van der Waals surface area contributed by atoms with Crippen molar-refractivity contribution in [3.63, 3.8) is 0 Å². The molecule has 1 aliphatic carbocycles. The minimum atomic E-state index is 0.383. The Morgan fingerprint density at radius 1 is 1.33 bits per heavy atom. The molecule has 21 heavy (non-hydrogen) atoms. The normalized spacial score (nSPS) is 23.7. The summed E-state index contributed by atoms with van der Waals surface area (Å²) < 4.78 is 1.05. The first-order valence-electron chi connectivity index (χ1n) is 8.06. The van der Waals surface area contributed by atoms with Crippen molar-refractivity contribution < 1.29 is 0 Å². The van der Waals surface area contributed by atoms with Crippen LogP contribution in [0.25, 0.3) is 0 Å². The van der Waals surface area contributed by atoms with Gasteiger partial charge in [-0.1, -0.05) is 33.6 Å². The highest BCUT2D eigenvalue weighted by Crippen LogP contribution is 2.35. The summed E-state index contributed by atoms with van der Waals surface area (Å²) in [6.07, 6.45) is 5.42. The van der Waals surface area contributed by atoms with Crippen LogP contribution in [-0.4, -0.2) is 30.6 Å². The zero-order chi connectivity index (χ0) is 14.8. The Kier molecular flexibility index (Phi) is 5.26. The average molecular weight is 372 g/mol. The molecule has 0 spiro atoms. The van der Waals surface area contributed by atoms with E-state index in [1.807, 2.05) is 6.07 Å². The van der Waals surface area contributed by atoms with Crippen LogP contribution in [0.5, 0.6) is 0 Å². The zero-order valence-corrected chi connectivity index (χ0v) is 15.0. The van der Waals surface area contributed by atoms with E-state index in [9.17, 15) is 0 Å². The van der Waals surface area contributed by atoms with Crippen molar-refractivity contribution in [2.24, 2.45) is 5.92 Å². The van der Waals surface area contributed by atoms with Gasteiger partial charge in [0.1, 0.15) is 0 Å². The molecule has 2 unspecified atom stereocenters. The van der Waals surface area contributed by atoms with Crippen LogP contribution in [-0.2, 0) is 0 Å². The molecule has 0 radical (unpaired) electrons. The van der Waals surface area contributed by atoms with Crippen molar-refractivity contribution in [3.05, 3.63) is 33.3 Å². The third kappa shape index (κ3) is 4.22. The highest BCUT2D eigenvalue weighted by Gasteiger charge is 2.29. The zero-order valence-electron chi connectivity index (χ0n) is 12.6. The molecule has 2 atom stereocenters. The van der Waals surface area contributed by atoms with E-state index in [0.29, 0.717) is 12.1 Å². The second kappa shape index (κ2) is 6.99. The Labute approximate surface area is 141 Å². The van der Waals surface area contributed by atoms with Gasteiger partial charge in [-0.15, -0.1) is 0 Å². The first kappa shape index (κ1) is 15.8. The SMILES string of the molecule is CC(c1ccc(Br)cc1Cl)N(CC1CC1)CC1CCCN1. The Balaban J connectivity index is 1.73. The van der Waals surface area contributed by atoms with Crippen molar-refractivity contribution in [2.45, 2.75) is 44.7 Å². The van der Waals surface area contributed by atoms with Crippen molar-refractivity contribution in [3.8, 4) is 0 Å². The lowest BCUT2D eigenvalue weighted by Crippen LogP contribution is -2.40. The van der Waals surface area contributed by atoms with E-state index in [1.54, 1.807) is 0 Å². The second-order valence-electron chi connectivity index (χ2n) is 6.53. The summed E-state index contributed by atoms with van der Waals surface area (Å²) in [4.78, 5) is 2.63.